The van der Waals surface area contributed by atoms with Gasteiger partial charge >= 0.3 is 0 Å². The third-order valence-electron chi connectivity index (χ3n) is 1.94. The van der Waals surface area contributed by atoms with Gasteiger partial charge in [0.2, 0.25) is 0 Å². The van der Waals surface area contributed by atoms with Gasteiger partial charge in [0, 0.05) is 16.1 Å². The van der Waals surface area contributed by atoms with Gasteiger partial charge in [0.1, 0.15) is 0 Å². The summed E-state index contributed by atoms with van der Waals surface area (Å²) in [4.78, 5) is 0. The molecule has 1 atom stereocenters. The molecule has 3 heteroatoms. The van der Waals surface area contributed by atoms with Gasteiger partial charge in [-0.15, -0.1) is 0 Å². The van der Waals surface area contributed by atoms with Crippen molar-refractivity contribution in [1.29, 1.82) is 0 Å². The van der Waals surface area contributed by atoms with Crippen molar-refractivity contribution < 1.29 is 0 Å². The summed E-state index contributed by atoms with van der Waals surface area (Å²) in [6, 6.07) is 5.73. The number of rotatable bonds is 3. The number of nitrogens with two attached hydrogens (primary N) is 1. The van der Waals surface area contributed by atoms with Crippen molar-refractivity contribution in [2.75, 3.05) is 0 Å². The lowest BCUT2D eigenvalue weighted by Crippen LogP contribution is -2.21. The summed E-state index contributed by atoms with van der Waals surface area (Å²) in [6.45, 7) is 2.07. The molecule has 0 fully saturated rings. The van der Waals surface area contributed by atoms with E-state index >= 15 is 0 Å². The average Bonchev–Trinajstić information content (AvgIpc) is 2.02. The van der Waals surface area contributed by atoms with E-state index in [1.807, 2.05) is 12.1 Å². The molecule has 13 heavy (non-hydrogen) atoms. The van der Waals surface area contributed by atoms with Crippen molar-refractivity contribution in [3.63, 3.8) is 0 Å². The molecule has 1 aromatic carbocycles. The maximum Gasteiger partial charge on any atom is 0.0423 e. The molecule has 0 spiro atoms. The van der Waals surface area contributed by atoms with E-state index in [2.05, 4.69) is 6.92 Å². The first-order valence-electron chi connectivity index (χ1n) is 4.32. The van der Waals surface area contributed by atoms with Crippen LogP contribution in [0.25, 0.3) is 0 Å². The predicted octanol–water partition coefficient (Wildman–Crippen LogP) is 3.27. The molecule has 0 amide bonds. The Morgan fingerprint density at radius 1 is 1.23 bits per heavy atom. The molecule has 1 rings (SSSR count). The maximum absolute atomic E-state index is 5.85. The Hall–Kier alpha value is -0.240. The summed E-state index contributed by atoms with van der Waals surface area (Å²) in [7, 11) is 0. The van der Waals surface area contributed by atoms with Crippen molar-refractivity contribution in [3.8, 4) is 0 Å². The third kappa shape index (κ3) is 3.55. The molecular formula is C10H13Cl2N. The summed E-state index contributed by atoms with van der Waals surface area (Å²) in [5, 5.41) is 1.34. The number of hydrogen-bond acceptors (Lipinski definition) is 1. The van der Waals surface area contributed by atoms with Crippen LogP contribution in [0.3, 0.4) is 0 Å². The number of hydrogen-bond donors (Lipinski definition) is 1. The van der Waals surface area contributed by atoms with Crippen LogP contribution in [0.1, 0.15) is 18.9 Å². The molecule has 0 radical (unpaired) electrons. The zero-order valence-electron chi connectivity index (χ0n) is 7.56. The van der Waals surface area contributed by atoms with Crippen molar-refractivity contribution in [3.05, 3.63) is 33.8 Å². The highest BCUT2D eigenvalue weighted by Gasteiger charge is 2.03. The van der Waals surface area contributed by atoms with Gasteiger partial charge in [0.05, 0.1) is 0 Å². The Morgan fingerprint density at radius 2 is 1.77 bits per heavy atom. The lowest BCUT2D eigenvalue weighted by molar-refractivity contribution is 0.646. The van der Waals surface area contributed by atoms with Crippen molar-refractivity contribution in [1.82, 2.24) is 0 Å². The summed E-state index contributed by atoms with van der Waals surface area (Å²) in [5.74, 6) is 0. The van der Waals surface area contributed by atoms with Crippen LogP contribution in [0.15, 0.2) is 18.2 Å². The van der Waals surface area contributed by atoms with Crippen LogP contribution in [0, 0.1) is 0 Å². The molecule has 0 bridgehead atoms. The largest absolute Gasteiger partial charge is 0.327 e. The minimum absolute atomic E-state index is 0.189. The molecule has 0 saturated carbocycles. The van der Waals surface area contributed by atoms with Gasteiger partial charge in [-0.3, -0.25) is 0 Å². The third-order valence-corrected chi connectivity index (χ3v) is 2.38. The SMILES string of the molecule is CCC(N)Cc1cc(Cl)cc(Cl)c1. The molecule has 1 aromatic rings. The minimum atomic E-state index is 0.189. The van der Waals surface area contributed by atoms with Gasteiger partial charge in [-0.05, 0) is 36.6 Å². The van der Waals surface area contributed by atoms with E-state index in [0.29, 0.717) is 10.0 Å². The highest BCUT2D eigenvalue weighted by atomic mass is 35.5. The second-order valence-electron chi connectivity index (χ2n) is 3.15. The van der Waals surface area contributed by atoms with Gasteiger partial charge in [-0.1, -0.05) is 30.1 Å². The van der Waals surface area contributed by atoms with Gasteiger partial charge in [0.25, 0.3) is 0 Å². The van der Waals surface area contributed by atoms with Gasteiger partial charge in [-0.2, -0.15) is 0 Å². The quantitative estimate of drug-likeness (QED) is 0.827. The minimum Gasteiger partial charge on any atom is -0.327 e. The van der Waals surface area contributed by atoms with Crippen LogP contribution in [-0.2, 0) is 6.42 Å². The average molecular weight is 218 g/mol. The molecule has 72 valence electrons. The predicted molar refractivity (Wildman–Crippen MR) is 58.4 cm³/mol. The van der Waals surface area contributed by atoms with Crippen LogP contribution in [0.5, 0.6) is 0 Å². The lowest BCUT2D eigenvalue weighted by Gasteiger charge is -2.08. The topological polar surface area (TPSA) is 26.0 Å². The monoisotopic (exact) mass is 217 g/mol. The summed E-state index contributed by atoms with van der Waals surface area (Å²) in [6.07, 6.45) is 1.79. The Kier molecular flexibility index (Phi) is 4.04. The van der Waals surface area contributed by atoms with Crippen LogP contribution in [0.4, 0.5) is 0 Å². The number of halogens is 2. The van der Waals surface area contributed by atoms with Crippen LogP contribution < -0.4 is 5.73 Å². The van der Waals surface area contributed by atoms with Gasteiger partial charge in [-0.25, -0.2) is 0 Å². The van der Waals surface area contributed by atoms with E-state index in [0.717, 1.165) is 18.4 Å². The summed E-state index contributed by atoms with van der Waals surface area (Å²) >= 11 is 11.7. The molecule has 0 aliphatic rings. The van der Waals surface area contributed by atoms with Crippen LogP contribution in [-0.4, -0.2) is 6.04 Å². The fourth-order valence-corrected chi connectivity index (χ4v) is 1.75. The molecule has 1 unspecified atom stereocenters. The van der Waals surface area contributed by atoms with Crippen molar-refractivity contribution in [2.45, 2.75) is 25.8 Å². The Morgan fingerprint density at radius 3 is 2.23 bits per heavy atom. The Bertz CT molecular complexity index is 266. The van der Waals surface area contributed by atoms with Crippen LogP contribution >= 0.6 is 23.2 Å². The molecule has 0 saturated heterocycles. The van der Waals surface area contributed by atoms with E-state index in [9.17, 15) is 0 Å². The second-order valence-corrected chi connectivity index (χ2v) is 4.02. The first-order valence-corrected chi connectivity index (χ1v) is 5.08. The molecule has 0 aliphatic heterocycles. The normalized spacial score (nSPS) is 12.9. The van der Waals surface area contributed by atoms with Gasteiger partial charge in [0.15, 0.2) is 0 Å². The Labute approximate surface area is 88.8 Å². The van der Waals surface area contributed by atoms with E-state index < -0.39 is 0 Å². The summed E-state index contributed by atoms with van der Waals surface area (Å²) < 4.78 is 0. The van der Waals surface area contributed by atoms with E-state index in [-0.39, 0.29) is 6.04 Å². The fraction of sp³-hybridized carbons (Fsp3) is 0.400. The van der Waals surface area contributed by atoms with E-state index in [1.54, 1.807) is 6.07 Å². The zero-order valence-corrected chi connectivity index (χ0v) is 9.07. The van der Waals surface area contributed by atoms with Crippen molar-refractivity contribution in [2.24, 2.45) is 5.73 Å². The first kappa shape index (κ1) is 10.8. The molecule has 1 nitrogen and oxygen atoms in total. The van der Waals surface area contributed by atoms with E-state index in [1.165, 1.54) is 0 Å². The smallest absolute Gasteiger partial charge is 0.0423 e. The Balaban J connectivity index is 2.77. The standard InChI is InChI=1S/C10H13Cl2N/c1-2-10(13)5-7-3-8(11)6-9(12)4-7/h3-4,6,10H,2,5,13H2,1H3. The fourth-order valence-electron chi connectivity index (χ4n) is 1.18. The van der Waals surface area contributed by atoms with E-state index in [4.69, 9.17) is 28.9 Å². The van der Waals surface area contributed by atoms with Crippen LogP contribution in [0.2, 0.25) is 10.0 Å². The second kappa shape index (κ2) is 4.85. The maximum atomic E-state index is 5.85. The highest BCUT2D eigenvalue weighted by Crippen LogP contribution is 2.19. The molecule has 0 aliphatic carbocycles. The summed E-state index contributed by atoms with van der Waals surface area (Å²) in [5.41, 5.74) is 6.92. The molecule has 2 N–H and O–H groups in total. The zero-order chi connectivity index (χ0) is 9.84. The highest BCUT2D eigenvalue weighted by molar-refractivity contribution is 6.34. The van der Waals surface area contributed by atoms with Gasteiger partial charge < -0.3 is 5.73 Å². The molecule has 0 aromatic heterocycles. The first-order chi connectivity index (χ1) is 6.11. The molecular weight excluding hydrogens is 205 g/mol. The lowest BCUT2D eigenvalue weighted by atomic mass is 10.1. The number of benzene rings is 1. The molecule has 0 heterocycles. The van der Waals surface area contributed by atoms with Crippen molar-refractivity contribution >= 4 is 23.2 Å².